The predicted octanol–water partition coefficient (Wildman–Crippen LogP) is 1.83. The van der Waals surface area contributed by atoms with Gasteiger partial charge < -0.3 is 31.0 Å². The van der Waals surface area contributed by atoms with Crippen molar-refractivity contribution in [2.75, 3.05) is 6.54 Å². The van der Waals surface area contributed by atoms with Gasteiger partial charge in [-0.05, 0) is 43.7 Å². The van der Waals surface area contributed by atoms with Gasteiger partial charge in [0.1, 0.15) is 18.7 Å². The second-order valence-corrected chi connectivity index (χ2v) is 9.40. The van der Waals surface area contributed by atoms with Gasteiger partial charge in [0.25, 0.3) is 5.91 Å². The highest BCUT2D eigenvalue weighted by molar-refractivity contribution is 5.90. The van der Waals surface area contributed by atoms with Crippen LogP contribution in [0, 0.1) is 11.8 Å². The molecule has 10 heteroatoms. The van der Waals surface area contributed by atoms with Gasteiger partial charge in [-0.25, -0.2) is 9.59 Å². The molecule has 0 fully saturated rings. The third-order valence-corrected chi connectivity index (χ3v) is 5.45. The zero-order valence-corrected chi connectivity index (χ0v) is 21.9. The van der Waals surface area contributed by atoms with Crippen LogP contribution in [0.15, 0.2) is 30.3 Å². The molecule has 202 valence electrons. The Morgan fingerprint density at radius 1 is 0.861 bits per heavy atom. The molecule has 5 N–H and O–H groups in total. The summed E-state index contributed by atoms with van der Waals surface area (Å²) in [6.07, 6.45) is -0.545. The van der Waals surface area contributed by atoms with Crippen molar-refractivity contribution in [1.82, 2.24) is 5.32 Å². The topological polar surface area (TPSA) is 160 Å². The van der Waals surface area contributed by atoms with Crippen LogP contribution in [-0.4, -0.2) is 54.7 Å². The van der Waals surface area contributed by atoms with Crippen molar-refractivity contribution >= 4 is 23.8 Å². The number of carbonyl (C=O) groups excluding carboxylic acids is 4. The molecule has 4 unspecified atom stereocenters. The third kappa shape index (κ3) is 10.7. The molecule has 0 aliphatic rings. The summed E-state index contributed by atoms with van der Waals surface area (Å²) in [4.78, 5) is 50.4. The van der Waals surface area contributed by atoms with Crippen LogP contribution in [0.2, 0.25) is 0 Å². The normalized spacial score (nSPS) is 14.5. The summed E-state index contributed by atoms with van der Waals surface area (Å²) in [5.74, 6) is -3.59. The number of amides is 1. The molecule has 0 radical (unpaired) electrons. The van der Waals surface area contributed by atoms with Crippen LogP contribution in [-0.2, 0) is 40.0 Å². The van der Waals surface area contributed by atoms with E-state index in [0.717, 1.165) is 12.0 Å². The SMILES string of the molecule is CC(OC(=O)C(NC(=O)C(OC(=O)C(N)CCCCN)C(C)C)C(C)C)C(=O)OCc1ccccc1. The van der Waals surface area contributed by atoms with Gasteiger partial charge in [-0.15, -0.1) is 0 Å². The summed E-state index contributed by atoms with van der Waals surface area (Å²) in [5, 5.41) is 2.60. The van der Waals surface area contributed by atoms with Crippen LogP contribution >= 0.6 is 0 Å². The van der Waals surface area contributed by atoms with Crippen molar-refractivity contribution in [3.8, 4) is 0 Å². The third-order valence-electron chi connectivity index (χ3n) is 5.45. The lowest BCUT2D eigenvalue weighted by Gasteiger charge is -2.27. The number of unbranched alkanes of at least 4 members (excludes halogenated alkanes) is 1. The fourth-order valence-corrected chi connectivity index (χ4v) is 3.21. The Hall–Kier alpha value is -2.98. The summed E-state index contributed by atoms with van der Waals surface area (Å²) in [6.45, 7) is 8.80. The Morgan fingerprint density at radius 3 is 2.06 bits per heavy atom. The Balaban J connectivity index is 2.73. The summed E-state index contributed by atoms with van der Waals surface area (Å²) in [7, 11) is 0. The Labute approximate surface area is 213 Å². The highest BCUT2D eigenvalue weighted by Crippen LogP contribution is 2.13. The van der Waals surface area contributed by atoms with Crippen LogP contribution in [0.1, 0.15) is 59.4 Å². The molecule has 1 amide bonds. The lowest BCUT2D eigenvalue weighted by atomic mass is 10.0. The molecule has 0 saturated heterocycles. The van der Waals surface area contributed by atoms with Crippen LogP contribution in [0.25, 0.3) is 0 Å². The highest BCUT2D eigenvalue weighted by Gasteiger charge is 2.34. The Bertz CT molecular complexity index is 845. The first-order valence-electron chi connectivity index (χ1n) is 12.3. The van der Waals surface area contributed by atoms with E-state index in [4.69, 9.17) is 25.7 Å². The van der Waals surface area contributed by atoms with Gasteiger partial charge in [0, 0.05) is 0 Å². The van der Waals surface area contributed by atoms with Gasteiger partial charge >= 0.3 is 17.9 Å². The van der Waals surface area contributed by atoms with Gasteiger partial charge in [-0.1, -0.05) is 64.4 Å². The van der Waals surface area contributed by atoms with E-state index in [2.05, 4.69) is 5.32 Å². The molecule has 0 saturated carbocycles. The number of esters is 3. The van der Waals surface area contributed by atoms with Crippen molar-refractivity contribution in [3.63, 3.8) is 0 Å². The Kier molecular flexibility index (Phi) is 13.7. The standard InChI is InChI=1S/C26H41N3O7/c1-16(2)21(26(33)35-18(5)24(31)34-15-19-11-7-6-8-12-19)29-23(30)22(17(3)4)36-25(32)20(28)13-9-10-14-27/h6-8,11-12,16-18,20-22H,9-10,13-15,27-28H2,1-5H3,(H,29,30). The van der Waals surface area contributed by atoms with Crippen LogP contribution < -0.4 is 16.8 Å². The van der Waals surface area contributed by atoms with Gasteiger partial charge in [0.05, 0.1) is 0 Å². The van der Waals surface area contributed by atoms with Gasteiger partial charge in [0.2, 0.25) is 0 Å². The van der Waals surface area contributed by atoms with Gasteiger partial charge in [-0.2, -0.15) is 0 Å². The minimum absolute atomic E-state index is 0.0434. The van der Waals surface area contributed by atoms with Crippen LogP contribution in [0.3, 0.4) is 0 Å². The first kappa shape index (κ1) is 31.1. The number of hydrogen-bond acceptors (Lipinski definition) is 9. The molecular weight excluding hydrogens is 466 g/mol. The molecule has 10 nitrogen and oxygen atoms in total. The minimum atomic E-state index is -1.18. The van der Waals surface area contributed by atoms with E-state index in [-0.39, 0.29) is 18.4 Å². The molecule has 1 aromatic carbocycles. The van der Waals surface area contributed by atoms with E-state index in [1.807, 2.05) is 18.2 Å². The van der Waals surface area contributed by atoms with Crippen molar-refractivity contribution in [3.05, 3.63) is 35.9 Å². The zero-order chi connectivity index (χ0) is 27.3. The highest BCUT2D eigenvalue weighted by atomic mass is 16.6. The summed E-state index contributed by atoms with van der Waals surface area (Å²) >= 11 is 0. The Morgan fingerprint density at radius 2 is 1.50 bits per heavy atom. The summed E-state index contributed by atoms with van der Waals surface area (Å²) in [5.41, 5.74) is 12.1. The van der Waals surface area contributed by atoms with E-state index in [9.17, 15) is 19.2 Å². The molecule has 0 bridgehead atoms. The molecule has 1 aromatic rings. The lowest BCUT2D eigenvalue weighted by molar-refractivity contribution is -0.170. The van der Waals surface area contributed by atoms with E-state index >= 15 is 0 Å². The monoisotopic (exact) mass is 507 g/mol. The maximum Gasteiger partial charge on any atom is 0.347 e. The summed E-state index contributed by atoms with van der Waals surface area (Å²) in [6, 6.07) is 7.15. The lowest BCUT2D eigenvalue weighted by Crippen LogP contribution is -2.52. The average Bonchev–Trinajstić information content (AvgIpc) is 2.84. The second-order valence-electron chi connectivity index (χ2n) is 9.40. The van der Waals surface area contributed by atoms with Crippen molar-refractivity contribution in [1.29, 1.82) is 0 Å². The molecule has 0 spiro atoms. The molecule has 0 aliphatic heterocycles. The van der Waals surface area contributed by atoms with Crippen molar-refractivity contribution in [2.24, 2.45) is 23.3 Å². The number of nitrogens with one attached hydrogen (secondary N) is 1. The largest absolute Gasteiger partial charge is 0.458 e. The van der Waals surface area contributed by atoms with E-state index < -0.39 is 48.1 Å². The maximum atomic E-state index is 13.0. The number of carbonyl (C=O) groups is 4. The van der Waals surface area contributed by atoms with Crippen LogP contribution in [0.5, 0.6) is 0 Å². The first-order chi connectivity index (χ1) is 17.0. The predicted molar refractivity (Wildman–Crippen MR) is 134 cm³/mol. The second kappa shape index (κ2) is 15.9. The number of benzene rings is 1. The van der Waals surface area contributed by atoms with E-state index in [1.165, 1.54) is 6.92 Å². The van der Waals surface area contributed by atoms with E-state index in [1.54, 1.807) is 39.8 Å². The van der Waals surface area contributed by atoms with Crippen molar-refractivity contribution in [2.45, 2.75) is 84.8 Å². The fourth-order valence-electron chi connectivity index (χ4n) is 3.21. The number of nitrogens with two attached hydrogens (primary N) is 2. The first-order valence-corrected chi connectivity index (χ1v) is 12.3. The fraction of sp³-hybridized carbons (Fsp3) is 0.615. The van der Waals surface area contributed by atoms with Gasteiger partial charge in [-0.3, -0.25) is 9.59 Å². The average molecular weight is 508 g/mol. The zero-order valence-electron chi connectivity index (χ0n) is 21.9. The molecule has 36 heavy (non-hydrogen) atoms. The van der Waals surface area contributed by atoms with Crippen LogP contribution in [0.4, 0.5) is 0 Å². The number of hydrogen-bond donors (Lipinski definition) is 3. The smallest absolute Gasteiger partial charge is 0.347 e. The molecule has 1 rings (SSSR count). The quantitative estimate of drug-likeness (QED) is 0.183. The minimum Gasteiger partial charge on any atom is -0.458 e. The number of ether oxygens (including phenoxy) is 3. The maximum absolute atomic E-state index is 13.0. The van der Waals surface area contributed by atoms with E-state index in [0.29, 0.717) is 19.4 Å². The van der Waals surface area contributed by atoms with Crippen molar-refractivity contribution < 1.29 is 33.4 Å². The molecule has 0 aromatic heterocycles. The number of rotatable bonds is 15. The molecule has 0 aliphatic carbocycles. The molecule has 0 heterocycles. The molecule has 4 atom stereocenters. The molecular formula is C26H41N3O7. The van der Waals surface area contributed by atoms with Gasteiger partial charge in [0.15, 0.2) is 12.2 Å². The summed E-state index contributed by atoms with van der Waals surface area (Å²) < 4.78 is 15.9.